The summed E-state index contributed by atoms with van der Waals surface area (Å²) in [5, 5.41) is 11.2. The Labute approximate surface area is 147 Å². The van der Waals surface area contributed by atoms with Gasteiger partial charge in [-0.25, -0.2) is 4.98 Å². The summed E-state index contributed by atoms with van der Waals surface area (Å²) < 4.78 is 46.5. The van der Waals surface area contributed by atoms with Crippen LogP contribution in [0.15, 0.2) is 12.1 Å². The van der Waals surface area contributed by atoms with Gasteiger partial charge >= 0.3 is 6.18 Å². The minimum Gasteiger partial charge on any atom is -0.496 e. The zero-order chi connectivity index (χ0) is 18.9. The van der Waals surface area contributed by atoms with Crippen molar-refractivity contribution in [2.75, 3.05) is 25.5 Å². The fraction of sp³-hybridized carbons (Fsp3) is 0.438. The zero-order valence-electron chi connectivity index (χ0n) is 14.4. The molecule has 0 saturated heterocycles. The number of alkyl halides is 3. The lowest BCUT2D eigenvalue weighted by molar-refractivity contribution is -0.138. The first-order chi connectivity index (χ1) is 12.4. The van der Waals surface area contributed by atoms with Crippen LogP contribution < -0.4 is 15.8 Å². The van der Waals surface area contributed by atoms with Crippen molar-refractivity contribution in [1.82, 2.24) is 19.6 Å². The minimum absolute atomic E-state index is 0.267. The van der Waals surface area contributed by atoms with Crippen LogP contribution in [0.1, 0.15) is 24.2 Å². The number of hydrogen-bond acceptors (Lipinski definition) is 6. The Morgan fingerprint density at radius 1 is 1.23 bits per heavy atom. The summed E-state index contributed by atoms with van der Waals surface area (Å²) in [5.41, 5.74) is 5.61. The highest BCUT2D eigenvalue weighted by molar-refractivity contribution is 5.85. The van der Waals surface area contributed by atoms with Gasteiger partial charge in [-0.1, -0.05) is 0 Å². The molecule has 0 aliphatic heterocycles. The van der Waals surface area contributed by atoms with Gasteiger partial charge in [0.05, 0.1) is 23.7 Å². The van der Waals surface area contributed by atoms with Gasteiger partial charge in [0.15, 0.2) is 5.82 Å². The van der Waals surface area contributed by atoms with E-state index >= 15 is 0 Å². The van der Waals surface area contributed by atoms with Crippen molar-refractivity contribution in [2.45, 2.75) is 25.9 Å². The summed E-state index contributed by atoms with van der Waals surface area (Å²) in [6.07, 6.45) is -2.86. The Morgan fingerprint density at radius 2 is 2.00 bits per heavy atom. The fourth-order valence-corrected chi connectivity index (χ4v) is 2.79. The van der Waals surface area contributed by atoms with E-state index in [4.69, 9.17) is 10.5 Å². The minimum atomic E-state index is -4.55. The Morgan fingerprint density at radius 3 is 2.65 bits per heavy atom. The first-order valence-corrected chi connectivity index (χ1v) is 8.11. The average Bonchev–Trinajstić information content (AvgIpc) is 2.99. The van der Waals surface area contributed by atoms with Crippen molar-refractivity contribution in [2.24, 2.45) is 5.73 Å². The summed E-state index contributed by atoms with van der Waals surface area (Å²) >= 11 is 0. The number of halogens is 3. The number of fused-ring (bicyclic) bond motifs is 3. The van der Waals surface area contributed by atoms with E-state index in [1.165, 1.54) is 13.2 Å². The SMILES string of the molecule is COc1cc2nc(NCCCCN)c3nnc(C)n3c2cc1C(F)(F)F. The normalized spacial score (nSPS) is 12.1. The summed E-state index contributed by atoms with van der Waals surface area (Å²) in [5.74, 6) is 0.643. The molecule has 0 saturated carbocycles. The lowest BCUT2D eigenvalue weighted by Crippen LogP contribution is -2.11. The van der Waals surface area contributed by atoms with Crippen LogP contribution in [0.5, 0.6) is 5.75 Å². The monoisotopic (exact) mass is 368 g/mol. The smallest absolute Gasteiger partial charge is 0.420 e. The first-order valence-electron chi connectivity index (χ1n) is 8.11. The molecule has 3 rings (SSSR count). The molecular formula is C16H19F3N6O. The van der Waals surface area contributed by atoms with Crippen molar-refractivity contribution >= 4 is 22.5 Å². The molecule has 1 aromatic carbocycles. The molecule has 2 heterocycles. The van der Waals surface area contributed by atoms with Gasteiger partial charge in [0, 0.05) is 12.6 Å². The quantitative estimate of drug-likeness (QED) is 0.650. The molecule has 3 N–H and O–H groups in total. The Hall–Kier alpha value is -2.62. The molecule has 2 aromatic heterocycles. The predicted molar refractivity (Wildman–Crippen MR) is 91.4 cm³/mol. The number of aryl methyl sites for hydroxylation is 1. The molecule has 0 radical (unpaired) electrons. The molecule has 0 fully saturated rings. The zero-order valence-corrected chi connectivity index (χ0v) is 14.4. The highest BCUT2D eigenvalue weighted by atomic mass is 19.4. The molecule has 0 atom stereocenters. The van der Waals surface area contributed by atoms with Crippen LogP contribution in [-0.2, 0) is 6.18 Å². The predicted octanol–water partition coefficient (Wildman–Crippen LogP) is 2.76. The highest BCUT2D eigenvalue weighted by Gasteiger charge is 2.35. The highest BCUT2D eigenvalue weighted by Crippen LogP contribution is 2.39. The molecule has 0 aliphatic carbocycles. The molecule has 0 spiro atoms. The van der Waals surface area contributed by atoms with Crippen LogP contribution in [0.25, 0.3) is 16.7 Å². The maximum absolute atomic E-state index is 13.3. The summed E-state index contributed by atoms with van der Waals surface area (Å²) in [4.78, 5) is 4.43. The van der Waals surface area contributed by atoms with Crippen LogP contribution >= 0.6 is 0 Å². The Balaban J connectivity index is 2.20. The van der Waals surface area contributed by atoms with Crippen molar-refractivity contribution in [3.05, 3.63) is 23.5 Å². The molecule has 140 valence electrons. The van der Waals surface area contributed by atoms with Crippen LogP contribution in [0.3, 0.4) is 0 Å². The lowest BCUT2D eigenvalue weighted by Gasteiger charge is -2.15. The van der Waals surface area contributed by atoms with Crippen LogP contribution in [0.2, 0.25) is 0 Å². The number of benzene rings is 1. The number of nitrogens with zero attached hydrogens (tertiary/aromatic N) is 4. The second-order valence-electron chi connectivity index (χ2n) is 5.83. The maximum atomic E-state index is 13.3. The van der Waals surface area contributed by atoms with Gasteiger partial charge in [-0.3, -0.25) is 4.40 Å². The third kappa shape index (κ3) is 3.24. The van der Waals surface area contributed by atoms with Gasteiger partial charge in [-0.15, -0.1) is 10.2 Å². The van der Waals surface area contributed by atoms with E-state index in [-0.39, 0.29) is 11.3 Å². The van der Waals surface area contributed by atoms with Gasteiger partial charge in [0.25, 0.3) is 0 Å². The Kier molecular flexibility index (Phi) is 4.86. The number of nitrogens with two attached hydrogens (primary N) is 1. The molecular weight excluding hydrogens is 349 g/mol. The van der Waals surface area contributed by atoms with Gasteiger partial charge in [0.2, 0.25) is 5.65 Å². The average molecular weight is 368 g/mol. The van der Waals surface area contributed by atoms with Crippen molar-refractivity contribution in [3.8, 4) is 5.75 Å². The number of anilines is 1. The van der Waals surface area contributed by atoms with Crippen molar-refractivity contribution in [1.29, 1.82) is 0 Å². The third-order valence-corrected chi connectivity index (χ3v) is 4.04. The number of aromatic nitrogens is 4. The van der Waals surface area contributed by atoms with Crippen molar-refractivity contribution < 1.29 is 17.9 Å². The fourth-order valence-electron chi connectivity index (χ4n) is 2.79. The van der Waals surface area contributed by atoms with E-state index in [2.05, 4.69) is 20.5 Å². The molecule has 0 aliphatic rings. The van der Waals surface area contributed by atoms with Gasteiger partial charge in [-0.2, -0.15) is 13.2 Å². The number of rotatable bonds is 6. The lowest BCUT2D eigenvalue weighted by atomic mass is 10.1. The molecule has 0 bridgehead atoms. The summed E-state index contributed by atoms with van der Waals surface area (Å²) in [6, 6.07) is 2.30. The van der Waals surface area contributed by atoms with Crippen molar-refractivity contribution in [3.63, 3.8) is 0 Å². The molecule has 0 amide bonds. The second-order valence-corrected chi connectivity index (χ2v) is 5.83. The molecule has 10 heteroatoms. The van der Waals surface area contributed by atoms with Gasteiger partial charge in [0.1, 0.15) is 11.6 Å². The largest absolute Gasteiger partial charge is 0.496 e. The molecule has 3 aromatic rings. The topological polar surface area (TPSA) is 90.4 Å². The first kappa shape index (κ1) is 18.2. The van der Waals surface area contributed by atoms with E-state index in [1.807, 2.05) is 0 Å². The van der Waals surface area contributed by atoms with E-state index in [1.54, 1.807) is 11.3 Å². The molecule has 0 unspecified atom stereocenters. The van der Waals surface area contributed by atoms with E-state index in [0.29, 0.717) is 35.9 Å². The number of nitrogens with one attached hydrogen (secondary N) is 1. The number of ether oxygens (including phenoxy) is 1. The van der Waals surface area contributed by atoms with Gasteiger partial charge in [-0.05, 0) is 32.4 Å². The number of unbranched alkanes of at least 4 members (excludes halogenated alkanes) is 1. The standard InChI is InChI=1S/C16H19F3N6O/c1-9-23-24-15-14(21-6-4-3-5-20)22-11-8-13(26-2)10(16(17,18)19)7-12(11)25(9)15/h7-8H,3-6,20H2,1-2H3,(H,21,22). The maximum Gasteiger partial charge on any atom is 0.420 e. The number of methoxy groups -OCH3 is 1. The van der Waals surface area contributed by atoms with Crippen LogP contribution in [0, 0.1) is 6.92 Å². The van der Waals surface area contributed by atoms with Crippen LogP contribution in [0.4, 0.5) is 19.0 Å². The van der Waals surface area contributed by atoms with E-state index in [0.717, 1.165) is 18.9 Å². The molecule has 7 nitrogen and oxygen atoms in total. The third-order valence-electron chi connectivity index (χ3n) is 4.04. The second kappa shape index (κ2) is 6.94. The van der Waals surface area contributed by atoms with E-state index in [9.17, 15) is 13.2 Å². The van der Waals surface area contributed by atoms with Crippen LogP contribution in [-0.4, -0.2) is 39.8 Å². The molecule has 26 heavy (non-hydrogen) atoms. The summed E-state index contributed by atoms with van der Waals surface area (Å²) in [7, 11) is 1.20. The number of hydrogen-bond donors (Lipinski definition) is 2. The van der Waals surface area contributed by atoms with E-state index < -0.39 is 11.7 Å². The van der Waals surface area contributed by atoms with Gasteiger partial charge < -0.3 is 15.8 Å². The summed E-state index contributed by atoms with van der Waals surface area (Å²) in [6.45, 7) is 2.88. The Bertz CT molecular complexity index is 937.